The Hall–Kier alpha value is -1.06. The molecule has 0 bridgehead atoms. The maximum atomic E-state index is 12.3. The zero-order valence-electron chi connectivity index (χ0n) is 13.8. The van der Waals surface area contributed by atoms with Gasteiger partial charge in [0.25, 0.3) is 0 Å². The Kier molecular flexibility index (Phi) is 7.20. The Balaban J connectivity index is 2.61. The molecule has 122 valence electrons. The summed E-state index contributed by atoms with van der Waals surface area (Å²) < 4.78 is 0. The van der Waals surface area contributed by atoms with Gasteiger partial charge in [-0.15, -0.1) is 0 Å². The van der Waals surface area contributed by atoms with Crippen molar-refractivity contribution < 1.29 is 14.7 Å². The fraction of sp³-hybridized carbons (Fsp3) is 0.882. The van der Waals surface area contributed by atoms with E-state index in [1.165, 1.54) is 0 Å². The number of hydrogen-bond donors (Lipinski definition) is 2. The minimum absolute atomic E-state index is 0.0255. The van der Waals surface area contributed by atoms with Crippen LogP contribution in [0.15, 0.2) is 0 Å². The molecule has 1 amide bonds. The van der Waals surface area contributed by atoms with E-state index < -0.39 is 5.97 Å². The lowest BCUT2D eigenvalue weighted by Gasteiger charge is -2.36. The molecule has 0 aromatic rings. The first-order chi connectivity index (χ1) is 9.92. The van der Waals surface area contributed by atoms with Gasteiger partial charge >= 0.3 is 5.97 Å². The van der Waals surface area contributed by atoms with Gasteiger partial charge in [-0.1, -0.05) is 46.0 Å². The van der Waals surface area contributed by atoms with Crippen LogP contribution < -0.4 is 5.32 Å². The van der Waals surface area contributed by atoms with Crippen LogP contribution in [0.5, 0.6) is 0 Å². The second kappa shape index (κ2) is 8.40. The van der Waals surface area contributed by atoms with E-state index in [0.29, 0.717) is 12.3 Å². The Labute approximate surface area is 128 Å². The van der Waals surface area contributed by atoms with E-state index >= 15 is 0 Å². The van der Waals surface area contributed by atoms with Gasteiger partial charge in [-0.25, -0.2) is 0 Å². The lowest BCUT2D eigenvalue weighted by atomic mass is 9.69. The van der Waals surface area contributed by atoms with Gasteiger partial charge in [0.2, 0.25) is 5.91 Å². The SMILES string of the molecule is CCC(CC)C(C)NC(=O)CC1(CC(=O)O)CCCCC1. The number of carbonyl (C=O) groups is 2. The van der Waals surface area contributed by atoms with E-state index in [4.69, 9.17) is 5.11 Å². The molecule has 1 fully saturated rings. The van der Waals surface area contributed by atoms with Gasteiger partial charge in [-0.2, -0.15) is 0 Å². The minimum Gasteiger partial charge on any atom is -0.481 e. The monoisotopic (exact) mass is 297 g/mol. The zero-order chi connectivity index (χ0) is 15.9. The number of rotatable bonds is 8. The highest BCUT2D eigenvalue weighted by Gasteiger charge is 2.36. The molecule has 4 nitrogen and oxygen atoms in total. The molecule has 1 unspecified atom stereocenters. The Morgan fingerprint density at radius 1 is 1.10 bits per heavy atom. The molecular formula is C17H31NO3. The van der Waals surface area contributed by atoms with Gasteiger partial charge in [-0.05, 0) is 31.1 Å². The molecule has 4 heteroatoms. The second-order valence-corrected chi connectivity index (χ2v) is 6.74. The topological polar surface area (TPSA) is 66.4 Å². The van der Waals surface area contributed by atoms with Crippen molar-refractivity contribution in [2.45, 2.75) is 84.6 Å². The first kappa shape index (κ1) is 18.0. The van der Waals surface area contributed by atoms with Crippen molar-refractivity contribution in [3.63, 3.8) is 0 Å². The highest BCUT2D eigenvalue weighted by molar-refractivity contribution is 5.78. The number of amides is 1. The van der Waals surface area contributed by atoms with Gasteiger partial charge < -0.3 is 10.4 Å². The van der Waals surface area contributed by atoms with E-state index in [9.17, 15) is 9.59 Å². The molecule has 0 aliphatic heterocycles. The van der Waals surface area contributed by atoms with E-state index in [2.05, 4.69) is 26.1 Å². The van der Waals surface area contributed by atoms with Crippen molar-refractivity contribution >= 4 is 11.9 Å². The van der Waals surface area contributed by atoms with E-state index in [0.717, 1.165) is 44.9 Å². The average Bonchev–Trinajstić information content (AvgIpc) is 2.39. The third kappa shape index (κ3) is 5.68. The predicted molar refractivity (Wildman–Crippen MR) is 84.1 cm³/mol. The molecule has 0 aromatic carbocycles. The molecule has 1 rings (SSSR count). The maximum Gasteiger partial charge on any atom is 0.303 e. The van der Waals surface area contributed by atoms with Crippen LogP contribution in [0.4, 0.5) is 0 Å². The van der Waals surface area contributed by atoms with Crippen LogP contribution in [-0.4, -0.2) is 23.0 Å². The number of nitrogens with one attached hydrogen (secondary N) is 1. The smallest absolute Gasteiger partial charge is 0.303 e. The summed E-state index contributed by atoms with van der Waals surface area (Å²) >= 11 is 0. The quantitative estimate of drug-likeness (QED) is 0.717. The van der Waals surface area contributed by atoms with Crippen LogP contribution in [0.3, 0.4) is 0 Å². The van der Waals surface area contributed by atoms with Crippen molar-refractivity contribution in [2.75, 3.05) is 0 Å². The molecule has 0 heterocycles. The van der Waals surface area contributed by atoms with Crippen LogP contribution in [0.2, 0.25) is 0 Å². The van der Waals surface area contributed by atoms with Crippen molar-refractivity contribution in [2.24, 2.45) is 11.3 Å². The molecule has 0 saturated heterocycles. The fourth-order valence-corrected chi connectivity index (χ4v) is 3.80. The first-order valence-corrected chi connectivity index (χ1v) is 8.43. The number of hydrogen-bond acceptors (Lipinski definition) is 2. The van der Waals surface area contributed by atoms with Crippen molar-refractivity contribution in [1.82, 2.24) is 5.32 Å². The van der Waals surface area contributed by atoms with Gasteiger partial charge in [-0.3, -0.25) is 9.59 Å². The normalized spacial score (nSPS) is 19.2. The van der Waals surface area contributed by atoms with Crippen LogP contribution in [0.1, 0.15) is 78.6 Å². The molecule has 1 saturated carbocycles. The standard InChI is InChI=1S/C17H31NO3/c1-4-14(5-2)13(3)18-15(19)11-17(12-16(20)21)9-7-6-8-10-17/h13-14H,4-12H2,1-3H3,(H,18,19)(H,20,21). The number of carbonyl (C=O) groups excluding carboxylic acids is 1. The molecule has 21 heavy (non-hydrogen) atoms. The highest BCUT2D eigenvalue weighted by atomic mass is 16.4. The molecule has 0 radical (unpaired) electrons. The van der Waals surface area contributed by atoms with E-state index in [1.807, 2.05) is 0 Å². The van der Waals surface area contributed by atoms with Crippen LogP contribution in [-0.2, 0) is 9.59 Å². The Morgan fingerprint density at radius 2 is 1.67 bits per heavy atom. The van der Waals surface area contributed by atoms with E-state index in [-0.39, 0.29) is 23.8 Å². The summed E-state index contributed by atoms with van der Waals surface area (Å²) in [6.45, 7) is 6.34. The second-order valence-electron chi connectivity index (χ2n) is 6.74. The highest BCUT2D eigenvalue weighted by Crippen LogP contribution is 2.42. The number of carboxylic acid groups (broad SMARTS) is 1. The molecule has 0 spiro atoms. The van der Waals surface area contributed by atoms with Gasteiger partial charge in [0, 0.05) is 12.5 Å². The van der Waals surface area contributed by atoms with Crippen LogP contribution >= 0.6 is 0 Å². The lowest BCUT2D eigenvalue weighted by Crippen LogP contribution is -2.41. The maximum absolute atomic E-state index is 12.3. The molecule has 0 aromatic heterocycles. The third-order valence-corrected chi connectivity index (χ3v) is 5.12. The first-order valence-electron chi connectivity index (χ1n) is 8.43. The largest absolute Gasteiger partial charge is 0.481 e. The van der Waals surface area contributed by atoms with Crippen LogP contribution in [0.25, 0.3) is 0 Å². The summed E-state index contributed by atoms with van der Waals surface area (Å²) in [5, 5.41) is 12.3. The lowest BCUT2D eigenvalue weighted by molar-refractivity contribution is -0.141. The van der Waals surface area contributed by atoms with Gasteiger partial charge in [0.05, 0.1) is 6.42 Å². The molecule has 2 N–H and O–H groups in total. The number of carboxylic acids is 1. The summed E-state index contributed by atoms with van der Waals surface area (Å²) in [7, 11) is 0. The molecular weight excluding hydrogens is 266 g/mol. The van der Waals surface area contributed by atoms with Gasteiger partial charge in [0.1, 0.15) is 0 Å². The molecule has 1 aliphatic rings. The van der Waals surface area contributed by atoms with Crippen molar-refractivity contribution in [3.05, 3.63) is 0 Å². The van der Waals surface area contributed by atoms with Crippen molar-refractivity contribution in [1.29, 1.82) is 0 Å². The molecule has 1 aliphatic carbocycles. The summed E-state index contributed by atoms with van der Waals surface area (Å²) in [6.07, 6.45) is 7.58. The van der Waals surface area contributed by atoms with Crippen LogP contribution in [0, 0.1) is 11.3 Å². The number of aliphatic carboxylic acids is 1. The summed E-state index contributed by atoms with van der Waals surface area (Å²) in [5.74, 6) is -0.258. The fourth-order valence-electron chi connectivity index (χ4n) is 3.80. The minimum atomic E-state index is -0.780. The average molecular weight is 297 g/mol. The summed E-state index contributed by atoms with van der Waals surface area (Å²) in [4.78, 5) is 23.5. The summed E-state index contributed by atoms with van der Waals surface area (Å²) in [6, 6.07) is 0.165. The predicted octanol–water partition coefficient (Wildman–Crippen LogP) is 3.74. The third-order valence-electron chi connectivity index (χ3n) is 5.12. The molecule has 1 atom stereocenters. The Bertz CT molecular complexity index is 344. The van der Waals surface area contributed by atoms with Crippen molar-refractivity contribution in [3.8, 4) is 0 Å². The Morgan fingerprint density at radius 3 is 2.14 bits per heavy atom. The van der Waals surface area contributed by atoms with Gasteiger partial charge in [0.15, 0.2) is 0 Å². The summed E-state index contributed by atoms with van der Waals surface area (Å²) in [5.41, 5.74) is -0.318. The zero-order valence-corrected chi connectivity index (χ0v) is 13.8. The van der Waals surface area contributed by atoms with E-state index in [1.54, 1.807) is 0 Å².